The molecule has 0 atom stereocenters. The van der Waals surface area contributed by atoms with Gasteiger partial charge in [0.2, 0.25) is 10.0 Å². The van der Waals surface area contributed by atoms with Crippen molar-refractivity contribution in [1.29, 1.82) is 0 Å². The number of benzene rings is 2. The molecule has 0 aliphatic rings. The number of anilines is 1. The number of H-pyrrole nitrogens is 1. The summed E-state index contributed by atoms with van der Waals surface area (Å²) in [5.41, 5.74) is 1.09. The summed E-state index contributed by atoms with van der Waals surface area (Å²) in [7, 11) is -7.48. The van der Waals surface area contributed by atoms with Crippen LogP contribution in [0.2, 0.25) is 0 Å². The van der Waals surface area contributed by atoms with Gasteiger partial charge in [0, 0.05) is 18.5 Å². The van der Waals surface area contributed by atoms with Crippen LogP contribution in [0.1, 0.15) is 13.8 Å². The first-order valence-corrected chi connectivity index (χ1v) is 11.3. The van der Waals surface area contributed by atoms with Crippen LogP contribution in [0, 0.1) is 0 Å². The van der Waals surface area contributed by atoms with E-state index in [1.807, 2.05) is 0 Å². The van der Waals surface area contributed by atoms with Gasteiger partial charge in [-0.25, -0.2) is 16.8 Å². The Kier molecular flexibility index (Phi) is 5.22. The molecule has 27 heavy (non-hydrogen) atoms. The molecule has 10 heteroatoms. The fourth-order valence-electron chi connectivity index (χ4n) is 2.72. The Morgan fingerprint density at radius 1 is 0.963 bits per heavy atom. The van der Waals surface area contributed by atoms with E-state index in [9.17, 15) is 16.8 Å². The van der Waals surface area contributed by atoms with Gasteiger partial charge >= 0.3 is 0 Å². The number of nitrogens with zero attached hydrogens (tertiary/aromatic N) is 2. The molecule has 3 aromatic rings. The van der Waals surface area contributed by atoms with Gasteiger partial charge in [-0.3, -0.25) is 9.82 Å². The maximum atomic E-state index is 12.6. The van der Waals surface area contributed by atoms with E-state index in [0.717, 1.165) is 5.39 Å². The van der Waals surface area contributed by atoms with Gasteiger partial charge in [-0.1, -0.05) is 13.8 Å². The van der Waals surface area contributed by atoms with Crippen molar-refractivity contribution in [2.45, 2.75) is 23.6 Å². The number of aromatic nitrogens is 2. The molecular weight excluding hydrogens is 388 g/mol. The van der Waals surface area contributed by atoms with Gasteiger partial charge in [0.25, 0.3) is 10.0 Å². The molecule has 1 aromatic heterocycles. The number of hydrogen-bond donors (Lipinski definition) is 2. The quantitative estimate of drug-likeness (QED) is 0.623. The molecule has 0 aliphatic heterocycles. The van der Waals surface area contributed by atoms with Gasteiger partial charge in [0.15, 0.2) is 0 Å². The third kappa shape index (κ3) is 3.82. The number of rotatable bonds is 7. The Morgan fingerprint density at radius 3 is 2.22 bits per heavy atom. The molecule has 0 spiro atoms. The maximum Gasteiger partial charge on any atom is 0.261 e. The van der Waals surface area contributed by atoms with Crippen LogP contribution in [0.25, 0.3) is 10.9 Å². The van der Waals surface area contributed by atoms with Gasteiger partial charge in [-0.2, -0.15) is 9.40 Å². The van der Waals surface area contributed by atoms with E-state index >= 15 is 0 Å². The number of sulfonamides is 2. The minimum atomic E-state index is -3.85. The summed E-state index contributed by atoms with van der Waals surface area (Å²) < 4.78 is 54.0. The van der Waals surface area contributed by atoms with Crippen molar-refractivity contribution < 1.29 is 16.8 Å². The number of hydrogen-bond acceptors (Lipinski definition) is 5. The molecule has 1 heterocycles. The molecule has 0 saturated carbocycles. The highest BCUT2D eigenvalue weighted by Gasteiger charge is 2.22. The highest BCUT2D eigenvalue weighted by molar-refractivity contribution is 7.92. The summed E-state index contributed by atoms with van der Waals surface area (Å²) >= 11 is 0. The van der Waals surface area contributed by atoms with Crippen LogP contribution in [0.4, 0.5) is 5.69 Å². The zero-order chi connectivity index (χ0) is 19.7. The second-order valence-corrected chi connectivity index (χ2v) is 9.46. The molecule has 0 amide bonds. The van der Waals surface area contributed by atoms with Crippen LogP contribution in [0.5, 0.6) is 0 Å². The van der Waals surface area contributed by atoms with Crippen molar-refractivity contribution >= 4 is 36.6 Å². The first-order valence-electron chi connectivity index (χ1n) is 8.34. The van der Waals surface area contributed by atoms with Crippen LogP contribution in [-0.2, 0) is 20.0 Å². The minimum absolute atomic E-state index is 0.0225. The molecule has 0 radical (unpaired) electrons. The van der Waals surface area contributed by atoms with Crippen LogP contribution >= 0.6 is 0 Å². The van der Waals surface area contributed by atoms with Gasteiger partial charge in [-0.05, 0) is 42.5 Å². The lowest BCUT2D eigenvalue weighted by Gasteiger charge is -2.18. The van der Waals surface area contributed by atoms with Crippen molar-refractivity contribution in [3.05, 3.63) is 48.7 Å². The van der Waals surface area contributed by atoms with Crippen molar-refractivity contribution in [1.82, 2.24) is 14.5 Å². The predicted molar refractivity (Wildman–Crippen MR) is 103 cm³/mol. The van der Waals surface area contributed by atoms with Gasteiger partial charge < -0.3 is 0 Å². The molecule has 0 saturated heterocycles. The summed E-state index contributed by atoms with van der Waals surface area (Å²) in [6.45, 7) is 4.19. The summed E-state index contributed by atoms with van der Waals surface area (Å²) in [5, 5.41) is 7.53. The topological polar surface area (TPSA) is 112 Å². The molecule has 2 aromatic carbocycles. The SMILES string of the molecule is CCN(CC)S(=O)(=O)c1ccc(S(=O)(=O)Nc2ccc3cn[nH]c3c2)cc1. The van der Waals surface area contributed by atoms with Crippen molar-refractivity contribution in [3.8, 4) is 0 Å². The fourth-order valence-corrected chi connectivity index (χ4v) is 5.23. The third-order valence-electron chi connectivity index (χ3n) is 4.17. The molecule has 3 rings (SSSR count). The van der Waals surface area contributed by atoms with E-state index in [0.29, 0.717) is 24.3 Å². The van der Waals surface area contributed by atoms with Gasteiger partial charge in [-0.15, -0.1) is 0 Å². The number of nitrogens with one attached hydrogen (secondary N) is 2. The van der Waals surface area contributed by atoms with Crippen LogP contribution in [-0.4, -0.2) is 44.4 Å². The number of fused-ring (bicyclic) bond motifs is 1. The Labute approximate surface area is 158 Å². The van der Waals surface area contributed by atoms with Crippen LogP contribution in [0.15, 0.2) is 58.5 Å². The molecule has 144 valence electrons. The summed E-state index contributed by atoms with van der Waals surface area (Å²) in [6, 6.07) is 10.2. The summed E-state index contributed by atoms with van der Waals surface area (Å²) in [5.74, 6) is 0. The summed E-state index contributed by atoms with van der Waals surface area (Å²) in [6.07, 6.45) is 1.64. The van der Waals surface area contributed by atoms with Crippen LogP contribution < -0.4 is 4.72 Å². The molecule has 8 nitrogen and oxygen atoms in total. The molecular formula is C17H20N4O4S2. The Morgan fingerprint density at radius 2 is 1.59 bits per heavy atom. The Bertz CT molecular complexity index is 1150. The van der Waals surface area contributed by atoms with Crippen LogP contribution in [0.3, 0.4) is 0 Å². The highest BCUT2D eigenvalue weighted by Crippen LogP contribution is 2.22. The summed E-state index contributed by atoms with van der Waals surface area (Å²) in [4.78, 5) is 0.0368. The van der Waals surface area contributed by atoms with E-state index in [2.05, 4.69) is 14.9 Å². The maximum absolute atomic E-state index is 12.6. The lowest BCUT2D eigenvalue weighted by molar-refractivity contribution is 0.445. The highest BCUT2D eigenvalue weighted by atomic mass is 32.2. The zero-order valence-electron chi connectivity index (χ0n) is 14.9. The Hall–Kier alpha value is -2.43. The minimum Gasteiger partial charge on any atom is -0.280 e. The van der Waals surface area contributed by atoms with Crippen molar-refractivity contribution in [2.24, 2.45) is 0 Å². The first-order chi connectivity index (χ1) is 12.8. The van der Waals surface area contributed by atoms with E-state index in [4.69, 9.17) is 0 Å². The third-order valence-corrected chi connectivity index (χ3v) is 7.63. The zero-order valence-corrected chi connectivity index (χ0v) is 16.5. The van der Waals surface area contributed by atoms with E-state index in [1.165, 1.54) is 28.6 Å². The van der Waals surface area contributed by atoms with Crippen molar-refractivity contribution in [2.75, 3.05) is 17.8 Å². The molecule has 0 bridgehead atoms. The first kappa shape index (κ1) is 19.3. The molecule has 0 aliphatic carbocycles. The number of aromatic amines is 1. The lowest BCUT2D eigenvalue weighted by atomic mass is 10.2. The molecule has 0 fully saturated rings. The van der Waals surface area contributed by atoms with E-state index in [1.54, 1.807) is 38.2 Å². The average Bonchev–Trinajstić information content (AvgIpc) is 3.10. The second kappa shape index (κ2) is 7.29. The molecule has 2 N–H and O–H groups in total. The van der Waals surface area contributed by atoms with E-state index < -0.39 is 20.0 Å². The van der Waals surface area contributed by atoms with Crippen molar-refractivity contribution in [3.63, 3.8) is 0 Å². The fraction of sp³-hybridized carbons (Fsp3) is 0.235. The van der Waals surface area contributed by atoms with Gasteiger partial charge in [0.05, 0.1) is 27.2 Å². The monoisotopic (exact) mass is 408 g/mol. The Balaban J connectivity index is 1.87. The van der Waals surface area contributed by atoms with E-state index in [-0.39, 0.29) is 9.79 Å². The smallest absolute Gasteiger partial charge is 0.261 e. The normalized spacial score (nSPS) is 12.6. The molecule has 0 unspecified atom stereocenters. The predicted octanol–water partition coefficient (Wildman–Crippen LogP) is 2.39. The standard InChI is InChI=1S/C17H20N4O4S2/c1-3-21(4-2)27(24,25)16-9-7-15(8-10-16)26(22,23)20-14-6-5-13-12-18-19-17(13)11-14/h5-12,20H,3-4H2,1-2H3,(H,18,19). The van der Waals surface area contributed by atoms with Gasteiger partial charge in [0.1, 0.15) is 0 Å². The average molecular weight is 409 g/mol. The lowest BCUT2D eigenvalue weighted by Crippen LogP contribution is -2.30. The largest absolute Gasteiger partial charge is 0.280 e. The second-order valence-electron chi connectivity index (χ2n) is 5.84.